The fraction of sp³-hybridized carbons (Fsp3) is 0.368. The van der Waals surface area contributed by atoms with E-state index in [4.69, 9.17) is 14.3 Å². The molecule has 1 aromatic heterocycles. The number of furan rings is 1. The Kier molecular flexibility index (Phi) is 7.37. The lowest BCUT2D eigenvalue weighted by atomic mass is 10.2. The molecule has 0 fully saturated rings. The van der Waals surface area contributed by atoms with E-state index in [0.717, 1.165) is 5.56 Å². The molecular weight excluding hydrogens is 336 g/mol. The van der Waals surface area contributed by atoms with Gasteiger partial charge in [0.15, 0.2) is 5.76 Å². The van der Waals surface area contributed by atoms with Crippen LogP contribution in [0.15, 0.2) is 46.9 Å². The lowest BCUT2D eigenvalue weighted by molar-refractivity contribution is -0.137. The van der Waals surface area contributed by atoms with E-state index in [1.165, 1.54) is 0 Å². The number of nitrogens with one attached hydrogen (secondary N) is 1. The number of benzene rings is 1. The van der Waals surface area contributed by atoms with E-state index >= 15 is 0 Å². The number of amides is 1. The first-order valence-electron chi connectivity index (χ1n) is 8.32. The van der Waals surface area contributed by atoms with E-state index in [-0.39, 0.29) is 18.8 Å². The molecule has 140 valence electrons. The van der Waals surface area contributed by atoms with E-state index in [0.29, 0.717) is 18.9 Å². The summed E-state index contributed by atoms with van der Waals surface area (Å²) in [6.45, 7) is 1.12. The van der Waals surface area contributed by atoms with E-state index in [9.17, 15) is 9.59 Å². The van der Waals surface area contributed by atoms with Crippen LogP contribution in [0.1, 0.15) is 28.3 Å². The standard InChI is InChI=1S/C19H24N2O5/c1-21(2)11-15(10-18(22)23)20-19(24)17-9-8-16(26-17)13-25-12-14-6-4-3-5-7-14/h3-9,15H,10-13H2,1-2H3,(H,20,24)(H,22,23). The van der Waals surface area contributed by atoms with Crippen molar-refractivity contribution in [3.05, 3.63) is 59.5 Å². The molecule has 0 aliphatic heterocycles. The minimum absolute atomic E-state index is 0.137. The third-order valence-electron chi connectivity index (χ3n) is 3.58. The molecule has 1 atom stereocenters. The Labute approximate surface area is 152 Å². The fourth-order valence-corrected chi connectivity index (χ4v) is 2.49. The van der Waals surface area contributed by atoms with Crippen LogP contribution >= 0.6 is 0 Å². The maximum absolute atomic E-state index is 12.3. The highest BCUT2D eigenvalue weighted by molar-refractivity contribution is 5.92. The zero-order valence-electron chi connectivity index (χ0n) is 15.0. The van der Waals surface area contributed by atoms with Gasteiger partial charge in [0.2, 0.25) is 0 Å². The zero-order chi connectivity index (χ0) is 18.9. The highest BCUT2D eigenvalue weighted by atomic mass is 16.5. The summed E-state index contributed by atoms with van der Waals surface area (Å²) in [6, 6.07) is 12.5. The van der Waals surface area contributed by atoms with Gasteiger partial charge in [0.1, 0.15) is 12.4 Å². The molecule has 0 saturated heterocycles. The summed E-state index contributed by atoms with van der Waals surface area (Å²) >= 11 is 0. The zero-order valence-corrected chi connectivity index (χ0v) is 15.0. The van der Waals surface area contributed by atoms with Crippen LogP contribution in [0.4, 0.5) is 0 Å². The molecule has 1 unspecified atom stereocenters. The summed E-state index contributed by atoms with van der Waals surface area (Å²) in [6.07, 6.45) is -0.155. The van der Waals surface area contributed by atoms with Crippen molar-refractivity contribution in [2.75, 3.05) is 20.6 Å². The minimum Gasteiger partial charge on any atom is -0.481 e. The molecule has 0 aliphatic rings. The van der Waals surface area contributed by atoms with Gasteiger partial charge in [0.05, 0.1) is 19.1 Å². The predicted molar refractivity (Wildman–Crippen MR) is 95.7 cm³/mol. The van der Waals surface area contributed by atoms with Gasteiger partial charge in [-0.2, -0.15) is 0 Å². The lowest BCUT2D eigenvalue weighted by Crippen LogP contribution is -2.42. The maximum Gasteiger partial charge on any atom is 0.305 e. The Morgan fingerprint density at radius 2 is 1.88 bits per heavy atom. The van der Waals surface area contributed by atoms with E-state index in [1.807, 2.05) is 49.3 Å². The fourth-order valence-electron chi connectivity index (χ4n) is 2.49. The highest BCUT2D eigenvalue weighted by Gasteiger charge is 2.19. The van der Waals surface area contributed by atoms with Crippen molar-refractivity contribution in [3.8, 4) is 0 Å². The van der Waals surface area contributed by atoms with Gasteiger partial charge >= 0.3 is 5.97 Å². The second-order valence-corrected chi connectivity index (χ2v) is 6.27. The van der Waals surface area contributed by atoms with Crippen molar-refractivity contribution in [3.63, 3.8) is 0 Å². The van der Waals surface area contributed by atoms with Crippen LogP contribution in [-0.2, 0) is 22.7 Å². The van der Waals surface area contributed by atoms with Crippen molar-refractivity contribution >= 4 is 11.9 Å². The van der Waals surface area contributed by atoms with Crippen molar-refractivity contribution in [1.29, 1.82) is 0 Å². The van der Waals surface area contributed by atoms with Gasteiger partial charge in [-0.15, -0.1) is 0 Å². The molecule has 1 heterocycles. The number of carbonyl (C=O) groups is 2. The van der Waals surface area contributed by atoms with Crippen LogP contribution in [0.3, 0.4) is 0 Å². The minimum atomic E-state index is -0.966. The van der Waals surface area contributed by atoms with Gasteiger partial charge in [-0.05, 0) is 31.8 Å². The van der Waals surface area contributed by atoms with Gasteiger partial charge in [-0.25, -0.2) is 0 Å². The number of aliphatic carboxylic acids is 1. The normalized spacial score (nSPS) is 12.1. The summed E-state index contributed by atoms with van der Waals surface area (Å²) in [5, 5.41) is 11.7. The molecule has 0 radical (unpaired) electrons. The molecule has 1 amide bonds. The molecule has 7 nitrogen and oxygen atoms in total. The van der Waals surface area contributed by atoms with Crippen molar-refractivity contribution in [2.24, 2.45) is 0 Å². The van der Waals surface area contributed by atoms with E-state index in [1.54, 1.807) is 12.1 Å². The molecule has 0 saturated carbocycles. The van der Waals surface area contributed by atoms with E-state index < -0.39 is 17.9 Å². The largest absolute Gasteiger partial charge is 0.481 e. The number of hydrogen-bond acceptors (Lipinski definition) is 5. The molecule has 0 bridgehead atoms. The third-order valence-corrected chi connectivity index (χ3v) is 3.58. The van der Waals surface area contributed by atoms with E-state index in [2.05, 4.69) is 5.32 Å². The summed E-state index contributed by atoms with van der Waals surface area (Å²) in [5.41, 5.74) is 1.05. The molecule has 2 rings (SSSR count). The number of nitrogens with zero attached hydrogens (tertiary/aromatic N) is 1. The number of ether oxygens (including phenoxy) is 1. The number of carboxylic acids is 1. The number of likely N-dealkylation sites (N-methyl/N-ethyl adjacent to an activating group) is 1. The van der Waals surface area contributed by atoms with Crippen LogP contribution < -0.4 is 5.32 Å². The van der Waals surface area contributed by atoms with Crippen LogP contribution in [0, 0.1) is 0 Å². The first kappa shape index (κ1) is 19.7. The molecule has 0 spiro atoms. The summed E-state index contributed by atoms with van der Waals surface area (Å²) in [7, 11) is 3.63. The molecule has 26 heavy (non-hydrogen) atoms. The monoisotopic (exact) mass is 360 g/mol. The van der Waals surface area contributed by atoms with Gasteiger partial charge in [-0.3, -0.25) is 9.59 Å². The third kappa shape index (κ3) is 6.70. The van der Waals surface area contributed by atoms with Crippen LogP contribution in [-0.4, -0.2) is 48.6 Å². The van der Waals surface area contributed by atoms with Crippen molar-refractivity contribution in [1.82, 2.24) is 10.2 Å². The topological polar surface area (TPSA) is 92.0 Å². The Hall–Kier alpha value is -2.64. The Morgan fingerprint density at radius 3 is 2.54 bits per heavy atom. The molecule has 1 aromatic carbocycles. The number of carbonyl (C=O) groups excluding carboxylic acids is 1. The number of carboxylic acid groups (broad SMARTS) is 1. The predicted octanol–water partition coefficient (Wildman–Crippen LogP) is 2.13. The molecule has 2 N–H and O–H groups in total. The molecule has 7 heteroatoms. The molecule has 0 aliphatic carbocycles. The SMILES string of the molecule is CN(C)CC(CC(=O)O)NC(=O)c1ccc(COCc2ccccc2)o1. The van der Waals surface area contributed by atoms with Crippen LogP contribution in [0.2, 0.25) is 0 Å². The maximum atomic E-state index is 12.3. The first-order chi connectivity index (χ1) is 12.4. The average Bonchev–Trinajstić information content (AvgIpc) is 3.03. The highest BCUT2D eigenvalue weighted by Crippen LogP contribution is 2.11. The summed E-state index contributed by atoms with van der Waals surface area (Å²) in [5.74, 6) is -0.732. The number of hydrogen-bond donors (Lipinski definition) is 2. The quantitative estimate of drug-likeness (QED) is 0.674. The Morgan fingerprint density at radius 1 is 1.15 bits per heavy atom. The Bertz CT molecular complexity index is 712. The summed E-state index contributed by atoms with van der Waals surface area (Å²) in [4.78, 5) is 25.0. The second-order valence-electron chi connectivity index (χ2n) is 6.27. The average molecular weight is 360 g/mol. The first-order valence-corrected chi connectivity index (χ1v) is 8.32. The Balaban J connectivity index is 1.86. The molecular formula is C19H24N2O5. The van der Waals surface area contributed by atoms with Crippen LogP contribution in [0.25, 0.3) is 0 Å². The lowest BCUT2D eigenvalue weighted by Gasteiger charge is -2.20. The molecule has 2 aromatic rings. The summed E-state index contributed by atoms with van der Waals surface area (Å²) < 4.78 is 11.1. The van der Waals surface area contributed by atoms with Crippen LogP contribution in [0.5, 0.6) is 0 Å². The number of rotatable bonds is 10. The van der Waals surface area contributed by atoms with Gasteiger partial charge < -0.3 is 24.5 Å². The van der Waals surface area contributed by atoms with Crippen molar-refractivity contribution in [2.45, 2.75) is 25.7 Å². The smallest absolute Gasteiger partial charge is 0.305 e. The van der Waals surface area contributed by atoms with Gasteiger partial charge in [0, 0.05) is 6.54 Å². The van der Waals surface area contributed by atoms with Gasteiger partial charge in [-0.1, -0.05) is 30.3 Å². The van der Waals surface area contributed by atoms with Gasteiger partial charge in [0.25, 0.3) is 5.91 Å². The van der Waals surface area contributed by atoms with Crippen molar-refractivity contribution < 1.29 is 23.8 Å². The second kappa shape index (κ2) is 9.74.